The van der Waals surface area contributed by atoms with Gasteiger partial charge in [-0.15, -0.1) is 0 Å². The Labute approximate surface area is 249 Å². The molecule has 0 amide bonds. The molecule has 4 heteroatoms. The van der Waals surface area contributed by atoms with Gasteiger partial charge >= 0.3 is 0 Å². The Morgan fingerprint density at radius 1 is 0.500 bits per heavy atom. The van der Waals surface area contributed by atoms with E-state index in [1.807, 2.05) is 23.9 Å². The first-order valence-electron chi connectivity index (χ1n) is 14.0. The Morgan fingerprint density at radius 3 is 1.52 bits per heavy atom. The van der Waals surface area contributed by atoms with E-state index in [4.69, 9.17) is 0 Å². The van der Waals surface area contributed by atoms with Crippen molar-refractivity contribution < 1.29 is 0 Å². The van der Waals surface area contributed by atoms with Crippen LogP contribution in [0.2, 0.25) is 0 Å². The van der Waals surface area contributed by atoms with Gasteiger partial charge in [0.2, 0.25) is 0 Å². The second-order valence-corrected chi connectivity index (χ2v) is 11.6. The highest BCUT2D eigenvalue weighted by Crippen LogP contribution is 2.62. The summed E-state index contributed by atoms with van der Waals surface area (Å²) < 4.78 is 0. The number of nitrogens with zero attached hydrogens (tertiary/aromatic N) is 3. The summed E-state index contributed by atoms with van der Waals surface area (Å²) in [6.45, 7) is 0. The molecule has 0 N–H and O–H groups in total. The maximum Gasteiger partial charge on any atom is 0.125 e. The van der Waals surface area contributed by atoms with Crippen molar-refractivity contribution in [3.63, 3.8) is 0 Å². The first kappa shape index (κ1) is 24.5. The lowest BCUT2D eigenvalue weighted by Crippen LogP contribution is -2.49. The van der Waals surface area contributed by atoms with E-state index >= 15 is 0 Å². The average molecular weight is 556 g/mol. The molecular weight excluding hydrogens is 531 g/mol. The maximum absolute atomic E-state index is 9.72. The van der Waals surface area contributed by atoms with Crippen molar-refractivity contribution in [3.05, 3.63) is 174 Å². The van der Waals surface area contributed by atoms with Crippen LogP contribution in [0.4, 0.5) is 28.4 Å². The molecule has 6 aromatic rings. The number of benzene rings is 6. The zero-order chi connectivity index (χ0) is 28.1. The molecule has 6 aromatic carbocycles. The van der Waals surface area contributed by atoms with Crippen LogP contribution < -0.4 is 9.80 Å². The van der Waals surface area contributed by atoms with Crippen LogP contribution in [0.1, 0.15) is 22.3 Å². The Hall–Kier alpha value is -5.24. The van der Waals surface area contributed by atoms with E-state index < -0.39 is 5.54 Å². The van der Waals surface area contributed by atoms with Crippen LogP contribution in [-0.4, -0.2) is 0 Å². The SMILES string of the molecule is N#Cc1ccc(C2(N3c4ccccc4Sc4ccccc43)c3ccccc3N(c3ccccc3)c3ccccc32)cc1. The third-order valence-electron chi connectivity index (χ3n) is 8.28. The number of rotatable bonds is 3. The van der Waals surface area contributed by atoms with Gasteiger partial charge in [0, 0.05) is 26.6 Å². The maximum atomic E-state index is 9.72. The van der Waals surface area contributed by atoms with Gasteiger partial charge in [-0.1, -0.05) is 103 Å². The smallest absolute Gasteiger partial charge is 0.125 e. The summed E-state index contributed by atoms with van der Waals surface area (Å²) in [6, 6.07) is 56.0. The van der Waals surface area contributed by atoms with Crippen LogP contribution in [0.25, 0.3) is 0 Å². The minimum atomic E-state index is -0.736. The Balaban J connectivity index is 1.55. The molecule has 8 rings (SSSR count). The predicted molar refractivity (Wildman–Crippen MR) is 171 cm³/mol. The lowest BCUT2D eigenvalue weighted by Gasteiger charge is -2.53. The highest BCUT2D eigenvalue weighted by molar-refractivity contribution is 7.99. The summed E-state index contributed by atoms with van der Waals surface area (Å²) in [6.07, 6.45) is 0. The fourth-order valence-corrected chi connectivity index (χ4v) is 7.67. The van der Waals surface area contributed by atoms with E-state index in [9.17, 15) is 5.26 Å². The Kier molecular flexibility index (Phi) is 5.67. The zero-order valence-corrected chi connectivity index (χ0v) is 23.5. The number of nitriles is 1. The van der Waals surface area contributed by atoms with Crippen LogP contribution in [0.5, 0.6) is 0 Å². The molecule has 0 aliphatic carbocycles. The molecule has 0 fully saturated rings. The standard InChI is InChI=1S/C38H25N3S/c39-26-27-22-24-28(25-23-27)38(41-34-18-8-10-20-36(34)42-37-21-11-9-19-35(37)41)30-14-4-6-16-32(30)40(29-12-2-1-3-13-29)33-17-7-5-15-31(33)38/h1-25H. The van der Waals surface area contributed by atoms with Crippen molar-refractivity contribution in [3.8, 4) is 6.07 Å². The van der Waals surface area contributed by atoms with Gasteiger partial charge in [0.25, 0.3) is 0 Å². The first-order valence-corrected chi connectivity index (χ1v) is 14.8. The molecule has 0 spiro atoms. The van der Waals surface area contributed by atoms with Crippen LogP contribution in [0.3, 0.4) is 0 Å². The summed E-state index contributed by atoms with van der Waals surface area (Å²) in [4.78, 5) is 7.34. The third kappa shape index (κ3) is 3.48. The number of fused-ring (bicyclic) bond motifs is 4. The van der Waals surface area contributed by atoms with Crippen molar-refractivity contribution in [1.82, 2.24) is 0 Å². The minimum Gasteiger partial charge on any atom is -0.321 e. The van der Waals surface area contributed by atoms with Crippen LogP contribution in [0, 0.1) is 11.3 Å². The van der Waals surface area contributed by atoms with Crippen molar-refractivity contribution in [2.75, 3.05) is 9.80 Å². The summed E-state index contributed by atoms with van der Waals surface area (Å²) in [5, 5.41) is 9.72. The topological polar surface area (TPSA) is 30.3 Å². The molecule has 0 atom stereocenters. The van der Waals surface area contributed by atoms with E-state index in [0.29, 0.717) is 5.56 Å². The summed E-state index contributed by atoms with van der Waals surface area (Å²) in [5.74, 6) is 0. The molecule has 0 saturated carbocycles. The van der Waals surface area contributed by atoms with Crippen LogP contribution in [0.15, 0.2) is 161 Å². The molecule has 198 valence electrons. The van der Waals surface area contributed by atoms with Crippen LogP contribution >= 0.6 is 11.8 Å². The summed E-state index contributed by atoms with van der Waals surface area (Å²) in [5.41, 5.74) is 9.03. The van der Waals surface area contributed by atoms with Gasteiger partial charge in [0.1, 0.15) is 5.54 Å². The quantitative estimate of drug-likeness (QED) is 0.217. The van der Waals surface area contributed by atoms with Gasteiger partial charge in [0.05, 0.1) is 34.4 Å². The van der Waals surface area contributed by atoms with E-state index in [-0.39, 0.29) is 0 Å². The second-order valence-electron chi connectivity index (χ2n) is 10.5. The fourth-order valence-electron chi connectivity index (χ4n) is 6.61. The van der Waals surface area contributed by atoms with Crippen molar-refractivity contribution in [2.24, 2.45) is 0 Å². The van der Waals surface area contributed by atoms with Crippen LogP contribution in [-0.2, 0) is 5.54 Å². The van der Waals surface area contributed by atoms with Crippen molar-refractivity contribution >= 4 is 40.2 Å². The molecule has 0 radical (unpaired) electrons. The van der Waals surface area contributed by atoms with Crippen molar-refractivity contribution in [2.45, 2.75) is 15.3 Å². The summed E-state index contributed by atoms with van der Waals surface area (Å²) in [7, 11) is 0. The second kappa shape index (κ2) is 9.69. The highest BCUT2D eigenvalue weighted by Gasteiger charge is 2.51. The Bertz CT molecular complexity index is 1900. The molecule has 3 nitrogen and oxygen atoms in total. The van der Waals surface area contributed by atoms with Gasteiger partial charge < -0.3 is 9.80 Å². The Morgan fingerprint density at radius 2 is 0.976 bits per heavy atom. The van der Waals surface area contributed by atoms with E-state index in [1.54, 1.807) is 0 Å². The number of anilines is 5. The largest absolute Gasteiger partial charge is 0.321 e. The minimum absolute atomic E-state index is 0.646. The van der Waals surface area contributed by atoms with E-state index in [1.165, 1.54) is 20.9 Å². The molecule has 0 aromatic heterocycles. The monoisotopic (exact) mass is 555 g/mol. The van der Waals surface area contributed by atoms with Gasteiger partial charge in [-0.3, -0.25) is 0 Å². The average Bonchev–Trinajstić information content (AvgIpc) is 3.07. The van der Waals surface area contributed by atoms with Crippen molar-refractivity contribution in [1.29, 1.82) is 5.26 Å². The molecule has 2 heterocycles. The molecule has 2 aliphatic rings. The highest BCUT2D eigenvalue weighted by atomic mass is 32.2. The number of hydrogen-bond donors (Lipinski definition) is 0. The van der Waals surface area contributed by atoms with Gasteiger partial charge in [-0.2, -0.15) is 5.26 Å². The van der Waals surface area contributed by atoms with Gasteiger partial charge in [0.15, 0.2) is 0 Å². The molecule has 42 heavy (non-hydrogen) atoms. The first-order chi connectivity index (χ1) is 20.8. The molecule has 2 aliphatic heterocycles. The van der Waals surface area contributed by atoms with Gasteiger partial charge in [-0.25, -0.2) is 0 Å². The molecule has 0 saturated heterocycles. The van der Waals surface area contributed by atoms with E-state index in [0.717, 1.165) is 34.0 Å². The fraction of sp³-hybridized carbons (Fsp3) is 0.0263. The lowest BCUT2D eigenvalue weighted by atomic mass is 9.71. The zero-order valence-electron chi connectivity index (χ0n) is 22.7. The van der Waals surface area contributed by atoms with E-state index in [2.05, 4.69) is 155 Å². The molecule has 0 unspecified atom stereocenters. The molecular formula is C38H25N3S. The molecule has 0 bridgehead atoms. The third-order valence-corrected chi connectivity index (χ3v) is 9.41. The predicted octanol–water partition coefficient (Wildman–Crippen LogP) is 9.94. The normalized spacial score (nSPS) is 14.2. The lowest BCUT2D eigenvalue weighted by molar-refractivity contribution is 0.610. The number of hydrogen-bond acceptors (Lipinski definition) is 4. The summed E-state index contributed by atoms with van der Waals surface area (Å²) >= 11 is 1.82. The van der Waals surface area contributed by atoms with Gasteiger partial charge in [-0.05, 0) is 66.2 Å². The number of para-hydroxylation sites is 5.